The van der Waals surface area contributed by atoms with Gasteiger partial charge in [0.1, 0.15) is 12.3 Å². The Labute approximate surface area is 107 Å². The topological polar surface area (TPSA) is 59.8 Å². The highest BCUT2D eigenvalue weighted by Gasteiger charge is 2.10. The lowest BCUT2D eigenvalue weighted by molar-refractivity contribution is -0.144. The van der Waals surface area contributed by atoms with Gasteiger partial charge in [-0.3, -0.25) is 9.59 Å². The third-order valence-corrected chi connectivity index (χ3v) is 2.38. The van der Waals surface area contributed by atoms with Gasteiger partial charge in [0.25, 0.3) is 0 Å². The van der Waals surface area contributed by atoms with E-state index in [1.807, 2.05) is 0 Å². The van der Waals surface area contributed by atoms with E-state index in [1.165, 1.54) is 31.2 Å². The fourth-order valence-electron chi connectivity index (χ4n) is 1.03. The highest BCUT2D eigenvalue weighted by atomic mass is 79.9. The SMILES string of the molecule is COC(=O)CN(C)C(=O)C=Cc1ccc(Br)o1. The number of halogens is 1. The summed E-state index contributed by atoms with van der Waals surface area (Å²) in [7, 11) is 2.79. The predicted octanol–water partition coefficient (Wildman–Crippen LogP) is 1.69. The van der Waals surface area contributed by atoms with Crippen LogP contribution < -0.4 is 0 Å². The fraction of sp³-hybridized carbons (Fsp3) is 0.273. The highest BCUT2D eigenvalue weighted by Crippen LogP contribution is 2.15. The molecule has 17 heavy (non-hydrogen) atoms. The third-order valence-electron chi connectivity index (χ3n) is 1.95. The van der Waals surface area contributed by atoms with E-state index in [9.17, 15) is 9.59 Å². The number of nitrogens with zero attached hydrogens (tertiary/aromatic N) is 1. The van der Waals surface area contributed by atoms with Gasteiger partial charge in [0.2, 0.25) is 5.91 Å². The second-order valence-electron chi connectivity index (χ2n) is 3.25. The Morgan fingerprint density at radius 1 is 1.53 bits per heavy atom. The largest absolute Gasteiger partial charge is 0.468 e. The molecule has 5 nitrogen and oxygen atoms in total. The molecule has 0 spiro atoms. The van der Waals surface area contributed by atoms with Crippen molar-refractivity contribution in [3.05, 3.63) is 28.6 Å². The van der Waals surface area contributed by atoms with Crippen molar-refractivity contribution in [3.8, 4) is 0 Å². The minimum Gasteiger partial charge on any atom is -0.468 e. The van der Waals surface area contributed by atoms with Gasteiger partial charge in [0.05, 0.1) is 7.11 Å². The molecule has 0 aliphatic carbocycles. The normalized spacial score (nSPS) is 10.5. The minimum atomic E-state index is -0.463. The number of carbonyl (C=O) groups is 2. The maximum absolute atomic E-state index is 11.6. The Balaban J connectivity index is 2.54. The summed E-state index contributed by atoms with van der Waals surface area (Å²) in [5.74, 6) is -0.213. The van der Waals surface area contributed by atoms with Gasteiger partial charge >= 0.3 is 5.97 Å². The average Bonchev–Trinajstić information content (AvgIpc) is 2.71. The maximum atomic E-state index is 11.6. The van der Waals surface area contributed by atoms with Crippen LogP contribution in [0, 0.1) is 0 Å². The van der Waals surface area contributed by atoms with Crippen molar-refractivity contribution in [2.24, 2.45) is 0 Å². The molecule has 92 valence electrons. The summed E-state index contributed by atoms with van der Waals surface area (Å²) in [6.45, 7) is -0.0818. The lowest BCUT2D eigenvalue weighted by Crippen LogP contribution is -2.31. The summed E-state index contributed by atoms with van der Waals surface area (Å²) in [5.41, 5.74) is 0. The fourth-order valence-corrected chi connectivity index (χ4v) is 1.35. The van der Waals surface area contributed by atoms with Crippen LogP contribution in [-0.4, -0.2) is 37.5 Å². The molecule has 6 heteroatoms. The van der Waals surface area contributed by atoms with E-state index < -0.39 is 5.97 Å². The van der Waals surface area contributed by atoms with E-state index in [-0.39, 0.29) is 12.5 Å². The zero-order valence-corrected chi connectivity index (χ0v) is 11.1. The van der Waals surface area contributed by atoms with Crippen LogP contribution >= 0.6 is 15.9 Å². The van der Waals surface area contributed by atoms with Crippen molar-refractivity contribution in [1.82, 2.24) is 4.90 Å². The van der Waals surface area contributed by atoms with Crippen LogP contribution in [0.25, 0.3) is 6.08 Å². The number of esters is 1. The quantitative estimate of drug-likeness (QED) is 0.627. The predicted molar refractivity (Wildman–Crippen MR) is 65.1 cm³/mol. The standard InChI is InChI=1S/C11H12BrNO4/c1-13(7-11(15)16-2)10(14)6-4-8-3-5-9(12)17-8/h3-6H,7H2,1-2H3. The minimum absolute atomic E-state index is 0.0818. The number of hydrogen-bond acceptors (Lipinski definition) is 4. The maximum Gasteiger partial charge on any atom is 0.325 e. The summed E-state index contributed by atoms with van der Waals surface area (Å²) < 4.78 is 10.2. The van der Waals surface area contributed by atoms with Gasteiger partial charge in [-0.25, -0.2) is 0 Å². The molecule has 0 N–H and O–H groups in total. The lowest BCUT2D eigenvalue weighted by atomic mass is 10.3. The van der Waals surface area contributed by atoms with Crippen LogP contribution in [0.5, 0.6) is 0 Å². The van der Waals surface area contributed by atoms with Crippen LogP contribution in [0.1, 0.15) is 5.76 Å². The van der Waals surface area contributed by atoms with Gasteiger partial charge < -0.3 is 14.1 Å². The van der Waals surface area contributed by atoms with Gasteiger partial charge in [-0.15, -0.1) is 0 Å². The molecule has 0 saturated carbocycles. The van der Waals surface area contributed by atoms with Crippen molar-refractivity contribution in [1.29, 1.82) is 0 Å². The first kappa shape index (κ1) is 13.5. The van der Waals surface area contributed by atoms with Crippen molar-refractivity contribution < 1.29 is 18.7 Å². The monoisotopic (exact) mass is 301 g/mol. The van der Waals surface area contributed by atoms with Crippen LogP contribution in [-0.2, 0) is 14.3 Å². The molecule has 0 fully saturated rings. The van der Waals surface area contributed by atoms with Gasteiger partial charge in [-0.05, 0) is 34.1 Å². The Morgan fingerprint density at radius 3 is 2.76 bits per heavy atom. The molecule has 1 aromatic rings. The number of amides is 1. The highest BCUT2D eigenvalue weighted by molar-refractivity contribution is 9.10. The third kappa shape index (κ3) is 4.44. The Kier molecular flexibility index (Phi) is 4.96. The van der Waals surface area contributed by atoms with Crippen LogP contribution in [0.3, 0.4) is 0 Å². The molecule has 0 atom stereocenters. The first-order chi connectivity index (χ1) is 8.02. The molecule has 0 aromatic carbocycles. The Bertz CT molecular complexity index is 438. The lowest BCUT2D eigenvalue weighted by Gasteiger charge is -2.12. The molecule has 0 bridgehead atoms. The summed E-state index contributed by atoms with van der Waals surface area (Å²) in [4.78, 5) is 23.7. The number of carbonyl (C=O) groups excluding carboxylic acids is 2. The summed E-state index contributed by atoms with van der Waals surface area (Å²) >= 11 is 3.15. The van der Waals surface area contributed by atoms with E-state index in [2.05, 4.69) is 20.7 Å². The van der Waals surface area contributed by atoms with Gasteiger partial charge in [0, 0.05) is 13.1 Å². The number of hydrogen-bond donors (Lipinski definition) is 0. The molecular weight excluding hydrogens is 290 g/mol. The van der Waals surface area contributed by atoms with E-state index in [0.717, 1.165) is 0 Å². The molecule has 1 rings (SSSR count). The molecule has 1 aromatic heterocycles. The van der Waals surface area contributed by atoms with Gasteiger partial charge in [-0.2, -0.15) is 0 Å². The van der Waals surface area contributed by atoms with Crippen molar-refractivity contribution >= 4 is 33.9 Å². The van der Waals surface area contributed by atoms with Gasteiger partial charge in [-0.1, -0.05) is 0 Å². The summed E-state index contributed by atoms with van der Waals surface area (Å²) in [5, 5.41) is 0. The molecule has 0 unspecified atom stereocenters. The van der Waals surface area contributed by atoms with E-state index in [1.54, 1.807) is 12.1 Å². The zero-order chi connectivity index (χ0) is 12.8. The Morgan fingerprint density at radius 2 is 2.24 bits per heavy atom. The van der Waals surface area contributed by atoms with Crippen molar-refractivity contribution in [3.63, 3.8) is 0 Å². The molecule has 1 amide bonds. The van der Waals surface area contributed by atoms with Crippen LogP contribution in [0.15, 0.2) is 27.3 Å². The first-order valence-corrected chi connectivity index (χ1v) is 5.57. The first-order valence-electron chi connectivity index (χ1n) is 4.78. The number of furan rings is 1. The van der Waals surface area contributed by atoms with Gasteiger partial charge in [0.15, 0.2) is 4.67 Å². The summed E-state index contributed by atoms with van der Waals surface area (Å²) in [6.07, 6.45) is 2.86. The van der Waals surface area contributed by atoms with Crippen LogP contribution in [0.4, 0.5) is 0 Å². The summed E-state index contributed by atoms with van der Waals surface area (Å²) in [6, 6.07) is 3.44. The molecule has 0 saturated heterocycles. The van der Waals surface area contributed by atoms with E-state index in [0.29, 0.717) is 10.4 Å². The molecule has 0 radical (unpaired) electrons. The van der Waals surface area contributed by atoms with E-state index >= 15 is 0 Å². The zero-order valence-electron chi connectivity index (χ0n) is 9.47. The van der Waals surface area contributed by atoms with Crippen LogP contribution in [0.2, 0.25) is 0 Å². The Hall–Kier alpha value is -1.56. The number of methoxy groups -OCH3 is 1. The molecular formula is C11H12BrNO4. The van der Waals surface area contributed by atoms with Crippen molar-refractivity contribution in [2.75, 3.05) is 20.7 Å². The van der Waals surface area contributed by atoms with Crippen molar-refractivity contribution in [2.45, 2.75) is 0 Å². The van der Waals surface area contributed by atoms with E-state index in [4.69, 9.17) is 4.42 Å². The average molecular weight is 302 g/mol. The molecule has 0 aliphatic rings. The molecule has 0 aliphatic heterocycles. The second-order valence-corrected chi connectivity index (χ2v) is 4.03. The number of rotatable bonds is 4. The number of likely N-dealkylation sites (N-methyl/N-ethyl adjacent to an activating group) is 1. The second kappa shape index (κ2) is 6.24. The number of ether oxygens (including phenoxy) is 1. The smallest absolute Gasteiger partial charge is 0.325 e. The molecule has 1 heterocycles.